The van der Waals surface area contributed by atoms with E-state index in [9.17, 15) is 0 Å². The van der Waals surface area contributed by atoms with Gasteiger partial charge >= 0.3 is 0 Å². The lowest BCUT2D eigenvalue weighted by Gasteiger charge is -2.34. The molecule has 4 heteroatoms. The third kappa shape index (κ3) is 3.60. The molecular weight excluding hydrogens is 184 g/mol. The summed E-state index contributed by atoms with van der Waals surface area (Å²) in [6.07, 6.45) is 3.66. The van der Waals surface area contributed by atoms with E-state index in [1.54, 1.807) is 21.3 Å². The summed E-state index contributed by atoms with van der Waals surface area (Å²) in [5.41, 5.74) is -0.530. The second-order valence-corrected chi connectivity index (χ2v) is 4.41. The van der Waals surface area contributed by atoms with Crippen LogP contribution < -0.4 is 0 Å². The highest BCUT2D eigenvalue weighted by atomic mass is 28.1. The maximum absolute atomic E-state index is 5.34. The first kappa shape index (κ1) is 12.8. The quantitative estimate of drug-likeness (QED) is 0.339. The first-order valence-corrected chi connectivity index (χ1v) is 5.38. The van der Waals surface area contributed by atoms with E-state index in [0.717, 1.165) is 23.1 Å². The van der Waals surface area contributed by atoms with Crippen LogP contribution in [0.5, 0.6) is 0 Å². The molecule has 0 N–H and O–H groups in total. The van der Waals surface area contributed by atoms with Gasteiger partial charge in [-0.25, -0.2) is 0 Å². The summed E-state index contributed by atoms with van der Waals surface area (Å²) < 4.78 is 16.0. The van der Waals surface area contributed by atoms with Crippen LogP contribution in [0.3, 0.4) is 0 Å². The molecule has 0 aromatic heterocycles. The van der Waals surface area contributed by atoms with Crippen LogP contribution in [-0.2, 0) is 14.2 Å². The molecule has 0 aromatic rings. The topological polar surface area (TPSA) is 27.7 Å². The largest absolute Gasteiger partial charge is 0.376 e. The fourth-order valence-corrected chi connectivity index (χ4v) is 1.73. The van der Waals surface area contributed by atoms with Gasteiger partial charge < -0.3 is 14.2 Å². The Morgan fingerprint density at radius 3 is 2.23 bits per heavy atom. The van der Waals surface area contributed by atoms with Crippen molar-refractivity contribution in [2.24, 2.45) is 0 Å². The van der Waals surface area contributed by atoms with Gasteiger partial charge in [0.1, 0.15) is 6.10 Å². The van der Waals surface area contributed by atoms with Gasteiger partial charge in [-0.3, -0.25) is 0 Å². The number of ether oxygens (including phenoxy) is 3. The molecule has 78 valence electrons. The van der Waals surface area contributed by atoms with Crippen LogP contribution in [0.2, 0.25) is 0 Å². The zero-order valence-corrected chi connectivity index (χ0v) is 11.0. The highest BCUT2D eigenvalue weighted by molar-refractivity contribution is 6.13. The minimum atomic E-state index is -0.530. The van der Waals surface area contributed by atoms with E-state index in [2.05, 4.69) is 6.58 Å². The standard InChI is InChI=1S/C9H20O3Si/c1-5-6-7-8(10-2)9(13,11-3)12-4/h5,8H,1,6-7H2,2-4,13H3. The molecule has 0 saturated carbocycles. The van der Waals surface area contributed by atoms with Crippen LogP contribution in [-0.4, -0.2) is 43.1 Å². The number of methoxy groups -OCH3 is 3. The Kier molecular flexibility index (Phi) is 6.24. The molecule has 0 heterocycles. The van der Waals surface area contributed by atoms with Crippen LogP contribution >= 0.6 is 0 Å². The Bertz CT molecular complexity index is 146. The molecule has 13 heavy (non-hydrogen) atoms. The van der Waals surface area contributed by atoms with Crippen molar-refractivity contribution in [3.8, 4) is 0 Å². The average molecular weight is 204 g/mol. The Morgan fingerprint density at radius 1 is 1.38 bits per heavy atom. The Hall–Kier alpha value is -0.163. The van der Waals surface area contributed by atoms with E-state index in [-0.39, 0.29) is 6.10 Å². The smallest absolute Gasteiger partial charge is 0.165 e. The fourth-order valence-electron chi connectivity index (χ4n) is 1.21. The molecule has 3 nitrogen and oxygen atoms in total. The van der Waals surface area contributed by atoms with Crippen LogP contribution in [0.1, 0.15) is 12.8 Å². The van der Waals surface area contributed by atoms with Crippen LogP contribution in [0.15, 0.2) is 12.7 Å². The molecule has 0 rings (SSSR count). The van der Waals surface area contributed by atoms with Crippen molar-refractivity contribution in [3.05, 3.63) is 12.7 Å². The van der Waals surface area contributed by atoms with E-state index in [4.69, 9.17) is 14.2 Å². The van der Waals surface area contributed by atoms with Gasteiger partial charge in [-0.2, -0.15) is 0 Å². The third-order valence-corrected chi connectivity index (χ3v) is 3.77. The molecule has 0 spiro atoms. The number of rotatable bonds is 7. The SMILES string of the molecule is C=CCCC(OC)C([SiH3])(OC)OC. The summed E-state index contributed by atoms with van der Waals surface area (Å²) >= 11 is 0. The monoisotopic (exact) mass is 204 g/mol. The normalized spacial score (nSPS) is 14.4. The summed E-state index contributed by atoms with van der Waals surface area (Å²) in [5.74, 6) is 0. The lowest BCUT2D eigenvalue weighted by atomic mass is 10.2. The van der Waals surface area contributed by atoms with Gasteiger partial charge in [-0.15, -0.1) is 6.58 Å². The second kappa shape index (κ2) is 6.31. The van der Waals surface area contributed by atoms with Crippen molar-refractivity contribution < 1.29 is 14.2 Å². The summed E-state index contributed by atoms with van der Waals surface area (Å²) in [7, 11) is 5.75. The molecule has 1 atom stereocenters. The molecule has 0 radical (unpaired) electrons. The molecule has 0 saturated heterocycles. The number of allylic oxidation sites excluding steroid dienone is 1. The zero-order valence-electron chi connectivity index (χ0n) is 9.00. The van der Waals surface area contributed by atoms with Crippen molar-refractivity contribution >= 4 is 10.2 Å². The van der Waals surface area contributed by atoms with Gasteiger partial charge in [0.15, 0.2) is 5.41 Å². The summed E-state index contributed by atoms with van der Waals surface area (Å²) in [5, 5.41) is 0. The lowest BCUT2D eigenvalue weighted by Crippen LogP contribution is -2.47. The van der Waals surface area contributed by atoms with Crippen LogP contribution in [0.25, 0.3) is 0 Å². The highest BCUT2D eigenvalue weighted by Gasteiger charge is 2.33. The molecule has 0 aliphatic carbocycles. The van der Waals surface area contributed by atoms with Crippen molar-refractivity contribution in [2.75, 3.05) is 21.3 Å². The van der Waals surface area contributed by atoms with Crippen molar-refractivity contribution in [2.45, 2.75) is 24.4 Å². The van der Waals surface area contributed by atoms with Gasteiger partial charge in [0.05, 0.1) is 10.2 Å². The molecule has 0 amide bonds. The molecule has 0 aliphatic heterocycles. The van der Waals surface area contributed by atoms with E-state index < -0.39 is 5.41 Å². The molecule has 0 fully saturated rings. The van der Waals surface area contributed by atoms with E-state index in [0.29, 0.717) is 0 Å². The van der Waals surface area contributed by atoms with Crippen LogP contribution in [0, 0.1) is 0 Å². The van der Waals surface area contributed by atoms with Crippen molar-refractivity contribution in [1.29, 1.82) is 0 Å². The minimum absolute atomic E-state index is 0.00725. The summed E-state index contributed by atoms with van der Waals surface area (Å²) in [4.78, 5) is 0. The Morgan fingerprint density at radius 2 is 1.92 bits per heavy atom. The maximum Gasteiger partial charge on any atom is 0.165 e. The number of hydrogen-bond acceptors (Lipinski definition) is 3. The van der Waals surface area contributed by atoms with Gasteiger partial charge in [0.2, 0.25) is 0 Å². The Balaban J connectivity index is 4.24. The highest BCUT2D eigenvalue weighted by Crippen LogP contribution is 2.19. The fraction of sp³-hybridized carbons (Fsp3) is 0.778. The molecule has 1 unspecified atom stereocenters. The van der Waals surface area contributed by atoms with E-state index in [1.807, 2.05) is 6.08 Å². The second-order valence-electron chi connectivity index (χ2n) is 3.01. The Labute approximate surface area is 83.5 Å². The van der Waals surface area contributed by atoms with Crippen LogP contribution in [0.4, 0.5) is 0 Å². The maximum atomic E-state index is 5.34. The van der Waals surface area contributed by atoms with Gasteiger partial charge in [0, 0.05) is 21.3 Å². The average Bonchev–Trinajstić information content (AvgIpc) is 2.18. The summed E-state index contributed by atoms with van der Waals surface area (Å²) in [6, 6.07) is 0. The molecule has 0 aliphatic rings. The third-order valence-electron chi connectivity index (χ3n) is 2.31. The molecule has 0 bridgehead atoms. The predicted molar refractivity (Wildman–Crippen MR) is 56.9 cm³/mol. The first-order chi connectivity index (χ1) is 6.14. The first-order valence-electron chi connectivity index (χ1n) is 4.38. The minimum Gasteiger partial charge on any atom is -0.376 e. The van der Waals surface area contributed by atoms with Gasteiger partial charge in [-0.05, 0) is 12.8 Å². The van der Waals surface area contributed by atoms with E-state index in [1.165, 1.54) is 0 Å². The summed E-state index contributed by atoms with van der Waals surface area (Å²) in [6.45, 7) is 3.67. The van der Waals surface area contributed by atoms with Gasteiger partial charge in [0.25, 0.3) is 0 Å². The van der Waals surface area contributed by atoms with Crippen molar-refractivity contribution in [3.63, 3.8) is 0 Å². The number of hydrogen-bond donors (Lipinski definition) is 0. The van der Waals surface area contributed by atoms with E-state index >= 15 is 0 Å². The molecular formula is C9H20O3Si. The van der Waals surface area contributed by atoms with Gasteiger partial charge in [-0.1, -0.05) is 6.08 Å². The zero-order chi connectivity index (χ0) is 10.3. The predicted octanol–water partition coefficient (Wildman–Crippen LogP) is 0.280. The molecule has 0 aromatic carbocycles. The lowest BCUT2D eigenvalue weighted by molar-refractivity contribution is -0.209. The van der Waals surface area contributed by atoms with Crippen molar-refractivity contribution in [1.82, 2.24) is 0 Å².